The molecule has 3 atom stereocenters. The molecule has 6 heteroatoms. The number of nitrogens with zero attached hydrogens (tertiary/aromatic N) is 1. The van der Waals surface area contributed by atoms with E-state index in [-0.39, 0.29) is 35.9 Å². The third-order valence-electron chi connectivity index (χ3n) is 4.26. The molecule has 2 fully saturated rings. The Balaban J connectivity index is 1.64. The topological polar surface area (TPSA) is 61.4 Å². The van der Waals surface area contributed by atoms with Crippen molar-refractivity contribution in [2.75, 3.05) is 6.54 Å². The highest BCUT2D eigenvalue weighted by molar-refractivity contribution is 7.09. The Morgan fingerprint density at radius 3 is 2.95 bits per heavy atom. The Bertz CT molecular complexity index is 529. The highest BCUT2D eigenvalue weighted by atomic mass is 32.1. The number of hydrogen-bond acceptors (Lipinski definition) is 4. The molecular weight excluding hydrogens is 286 g/mol. The van der Waals surface area contributed by atoms with Crippen molar-refractivity contribution in [1.82, 2.24) is 15.5 Å². The predicted octanol–water partition coefficient (Wildman–Crippen LogP) is 0.962. The smallest absolute Gasteiger partial charge is 0.246 e. The van der Waals surface area contributed by atoms with Gasteiger partial charge in [-0.3, -0.25) is 9.59 Å². The van der Waals surface area contributed by atoms with Gasteiger partial charge in [0, 0.05) is 24.0 Å². The second-order valence-corrected chi connectivity index (χ2v) is 7.16. The second kappa shape index (κ2) is 5.77. The number of amides is 2. The molecule has 114 valence electrons. The summed E-state index contributed by atoms with van der Waals surface area (Å²) in [7, 11) is 0. The van der Waals surface area contributed by atoms with Crippen molar-refractivity contribution in [3.63, 3.8) is 0 Å². The summed E-state index contributed by atoms with van der Waals surface area (Å²) in [5.41, 5.74) is 0. The summed E-state index contributed by atoms with van der Waals surface area (Å²) in [6, 6.07) is 3.65. The molecule has 2 N–H and O–H groups in total. The minimum atomic E-state index is -0.371. The van der Waals surface area contributed by atoms with Crippen molar-refractivity contribution in [1.29, 1.82) is 0 Å². The van der Waals surface area contributed by atoms with Crippen LogP contribution in [0.3, 0.4) is 0 Å². The molecule has 2 saturated heterocycles. The maximum absolute atomic E-state index is 12.5. The van der Waals surface area contributed by atoms with Crippen LogP contribution in [-0.4, -0.2) is 41.4 Å². The zero-order valence-corrected chi connectivity index (χ0v) is 13.2. The molecule has 2 aliphatic heterocycles. The van der Waals surface area contributed by atoms with Crippen molar-refractivity contribution in [3.05, 3.63) is 22.4 Å². The van der Waals surface area contributed by atoms with Crippen LogP contribution in [0.4, 0.5) is 0 Å². The van der Waals surface area contributed by atoms with Gasteiger partial charge in [0.05, 0.1) is 0 Å². The molecule has 0 spiro atoms. The zero-order chi connectivity index (χ0) is 15.0. The molecule has 0 saturated carbocycles. The van der Waals surface area contributed by atoms with Crippen LogP contribution in [0.5, 0.6) is 0 Å². The molecule has 0 aromatic carbocycles. The molecule has 2 aliphatic rings. The Kier molecular flexibility index (Phi) is 3.99. The zero-order valence-electron chi connectivity index (χ0n) is 12.3. The van der Waals surface area contributed by atoms with Crippen LogP contribution >= 0.6 is 11.3 Å². The van der Waals surface area contributed by atoms with E-state index in [9.17, 15) is 9.59 Å². The fourth-order valence-electron chi connectivity index (χ4n) is 3.08. The average molecular weight is 307 g/mol. The van der Waals surface area contributed by atoms with E-state index in [0.29, 0.717) is 13.0 Å². The Labute approximate surface area is 128 Å². The minimum absolute atomic E-state index is 0.00581. The maximum Gasteiger partial charge on any atom is 0.246 e. The largest absolute Gasteiger partial charge is 0.342 e. The van der Waals surface area contributed by atoms with E-state index in [1.165, 1.54) is 4.88 Å². The van der Waals surface area contributed by atoms with Crippen LogP contribution < -0.4 is 10.6 Å². The number of hydrogen-bond donors (Lipinski definition) is 2. The van der Waals surface area contributed by atoms with Gasteiger partial charge in [0.1, 0.15) is 12.1 Å². The minimum Gasteiger partial charge on any atom is -0.342 e. The fourth-order valence-corrected chi connectivity index (χ4v) is 3.73. The van der Waals surface area contributed by atoms with E-state index >= 15 is 0 Å². The third-order valence-corrected chi connectivity index (χ3v) is 5.14. The Morgan fingerprint density at radius 1 is 1.48 bits per heavy atom. The van der Waals surface area contributed by atoms with Gasteiger partial charge in [0.2, 0.25) is 11.8 Å². The fraction of sp³-hybridized carbons (Fsp3) is 0.600. The molecule has 0 bridgehead atoms. The molecule has 3 heterocycles. The molecule has 0 aliphatic carbocycles. The molecular formula is C15H21N3O2S. The van der Waals surface area contributed by atoms with Gasteiger partial charge in [0.15, 0.2) is 0 Å². The van der Waals surface area contributed by atoms with E-state index in [2.05, 4.69) is 22.1 Å². The highest BCUT2D eigenvalue weighted by Crippen LogP contribution is 2.25. The van der Waals surface area contributed by atoms with Crippen molar-refractivity contribution in [2.45, 2.75) is 44.9 Å². The van der Waals surface area contributed by atoms with Crippen LogP contribution in [0, 0.1) is 5.92 Å². The standard InChI is InChI=1S/C15H21N3O2S/c1-9(2)13-15(20)18-8-10(6-12(18)14(19)17-13)16-7-11-4-3-5-21-11/h3-5,9-10,12-13,16H,6-8H2,1-2H3,(H,17,19)/t10-,12-,13+/m0/s1. The monoisotopic (exact) mass is 307 g/mol. The van der Waals surface area contributed by atoms with Gasteiger partial charge >= 0.3 is 0 Å². The quantitative estimate of drug-likeness (QED) is 0.871. The lowest BCUT2D eigenvalue weighted by Crippen LogP contribution is -2.62. The lowest BCUT2D eigenvalue weighted by Gasteiger charge is -2.36. The van der Waals surface area contributed by atoms with Gasteiger partial charge in [-0.15, -0.1) is 11.3 Å². The van der Waals surface area contributed by atoms with E-state index in [4.69, 9.17) is 0 Å². The molecule has 0 unspecified atom stereocenters. The van der Waals surface area contributed by atoms with Gasteiger partial charge in [-0.25, -0.2) is 0 Å². The van der Waals surface area contributed by atoms with Crippen LogP contribution in [-0.2, 0) is 16.1 Å². The summed E-state index contributed by atoms with van der Waals surface area (Å²) in [5, 5.41) is 8.39. The first-order valence-electron chi connectivity index (χ1n) is 7.43. The number of piperazine rings is 1. The van der Waals surface area contributed by atoms with Crippen LogP contribution in [0.25, 0.3) is 0 Å². The highest BCUT2D eigenvalue weighted by Gasteiger charge is 2.46. The molecule has 1 aromatic heterocycles. The van der Waals surface area contributed by atoms with E-state index in [0.717, 1.165) is 6.54 Å². The third kappa shape index (κ3) is 2.82. The molecule has 0 radical (unpaired) electrons. The number of carbonyl (C=O) groups is 2. The second-order valence-electron chi connectivity index (χ2n) is 6.13. The lowest BCUT2D eigenvalue weighted by atomic mass is 9.98. The van der Waals surface area contributed by atoms with E-state index in [1.807, 2.05) is 19.9 Å². The number of nitrogens with one attached hydrogen (secondary N) is 2. The summed E-state index contributed by atoms with van der Waals surface area (Å²) in [6.07, 6.45) is 0.702. The van der Waals surface area contributed by atoms with Gasteiger partial charge in [-0.05, 0) is 23.8 Å². The first-order chi connectivity index (χ1) is 10.1. The summed E-state index contributed by atoms with van der Waals surface area (Å²) in [4.78, 5) is 27.7. The average Bonchev–Trinajstić information content (AvgIpc) is 3.09. The number of rotatable bonds is 4. The molecule has 3 rings (SSSR count). The van der Waals surface area contributed by atoms with Crippen molar-refractivity contribution < 1.29 is 9.59 Å². The normalized spacial score (nSPS) is 28.9. The van der Waals surface area contributed by atoms with Crippen LogP contribution in [0.2, 0.25) is 0 Å². The first kappa shape index (κ1) is 14.5. The van der Waals surface area contributed by atoms with Gasteiger partial charge in [0.25, 0.3) is 0 Å². The van der Waals surface area contributed by atoms with Crippen molar-refractivity contribution in [3.8, 4) is 0 Å². The number of fused-ring (bicyclic) bond motifs is 1. The van der Waals surface area contributed by atoms with Crippen molar-refractivity contribution >= 4 is 23.2 Å². The summed E-state index contributed by atoms with van der Waals surface area (Å²) in [5.74, 6) is 0.185. The summed E-state index contributed by atoms with van der Waals surface area (Å²) < 4.78 is 0. The SMILES string of the molecule is CC(C)[C@H]1NC(=O)[C@@H]2C[C@H](NCc3cccs3)CN2C1=O. The summed E-state index contributed by atoms with van der Waals surface area (Å²) in [6.45, 7) is 5.36. The Hall–Kier alpha value is -1.40. The lowest BCUT2D eigenvalue weighted by molar-refractivity contribution is -0.148. The van der Waals surface area contributed by atoms with Crippen LogP contribution in [0.1, 0.15) is 25.1 Å². The molecule has 21 heavy (non-hydrogen) atoms. The number of carbonyl (C=O) groups excluding carboxylic acids is 2. The predicted molar refractivity (Wildman–Crippen MR) is 81.8 cm³/mol. The summed E-state index contributed by atoms with van der Waals surface area (Å²) >= 11 is 1.71. The molecule has 5 nitrogen and oxygen atoms in total. The number of thiophene rings is 1. The van der Waals surface area contributed by atoms with Gasteiger partial charge < -0.3 is 15.5 Å². The van der Waals surface area contributed by atoms with Gasteiger partial charge in [-0.2, -0.15) is 0 Å². The molecule has 2 amide bonds. The van der Waals surface area contributed by atoms with Gasteiger partial charge in [-0.1, -0.05) is 19.9 Å². The van der Waals surface area contributed by atoms with E-state index < -0.39 is 0 Å². The van der Waals surface area contributed by atoms with E-state index in [1.54, 1.807) is 16.2 Å². The first-order valence-corrected chi connectivity index (χ1v) is 8.31. The maximum atomic E-state index is 12.5. The molecule has 1 aromatic rings. The van der Waals surface area contributed by atoms with Crippen LogP contribution in [0.15, 0.2) is 17.5 Å². The van der Waals surface area contributed by atoms with Crippen molar-refractivity contribution in [2.24, 2.45) is 5.92 Å². The Morgan fingerprint density at radius 2 is 2.29 bits per heavy atom.